The third-order valence-corrected chi connectivity index (χ3v) is 9.09. The van der Waals surface area contributed by atoms with E-state index in [-0.39, 0.29) is 5.91 Å². The number of nitrogens with one attached hydrogen (secondary N) is 1. The number of rotatable bonds is 36. The Morgan fingerprint density at radius 1 is 0.488 bits per heavy atom. The number of unbranched alkanes of at least 4 members (excludes halogenated alkanes) is 29. The van der Waals surface area contributed by atoms with Gasteiger partial charge in [0, 0.05) is 6.42 Å². The zero-order valence-electron chi connectivity index (χ0n) is 29.0. The van der Waals surface area contributed by atoms with E-state index in [2.05, 4.69) is 12.2 Å². The van der Waals surface area contributed by atoms with Gasteiger partial charge in [0.15, 0.2) is 0 Å². The molecule has 5 heteroatoms. The van der Waals surface area contributed by atoms with Crippen LogP contribution >= 0.6 is 0 Å². The fourth-order valence-corrected chi connectivity index (χ4v) is 6.15. The number of carbonyl (C=O) groups excluding carboxylic acids is 1. The fourth-order valence-electron chi connectivity index (χ4n) is 6.15. The van der Waals surface area contributed by atoms with Crippen molar-refractivity contribution in [1.29, 1.82) is 0 Å². The molecule has 4 N–H and O–H groups in total. The molecular formula is C38H76N2O3. The Kier molecular flexibility index (Phi) is 34.5. The lowest BCUT2D eigenvalue weighted by atomic mass is 10.0. The van der Waals surface area contributed by atoms with Gasteiger partial charge in [-0.15, -0.1) is 0 Å². The number of aliphatic carboxylic acids is 1. The molecule has 0 fully saturated rings. The summed E-state index contributed by atoms with van der Waals surface area (Å²) in [7, 11) is 0. The zero-order chi connectivity index (χ0) is 31.5. The number of amides is 1. The first-order valence-corrected chi connectivity index (χ1v) is 19.3. The molecule has 0 aliphatic rings. The highest BCUT2D eigenvalue weighted by Gasteiger charge is 2.18. The predicted octanol–water partition coefficient (Wildman–Crippen LogP) is 11.4. The van der Waals surface area contributed by atoms with Crippen molar-refractivity contribution < 1.29 is 14.7 Å². The SMILES string of the molecule is CCCCCCCCCCCCCCCCCCCCCCCCCCCCCCCC(=O)NC(CCCCN)C(=O)O. The van der Waals surface area contributed by atoms with E-state index in [9.17, 15) is 14.7 Å². The third kappa shape index (κ3) is 33.6. The molecule has 0 aromatic carbocycles. The van der Waals surface area contributed by atoms with E-state index in [1.807, 2.05) is 0 Å². The van der Waals surface area contributed by atoms with Crippen LogP contribution in [-0.2, 0) is 9.59 Å². The normalized spacial score (nSPS) is 12.0. The summed E-state index contributed by atoms with van der Waals surface area (Å²) in [6.45, 7) is 2.85. The molecule has 1 unspecified atom stereocenters. The largest absolute Gasteiger partial charge is 0.480 e. The molecular weight excluding hydrogens is 532 g/mol. The highest BCUT2D eigenvalue weighted by Crippen LogP contribution is 2.16. The number of carboxylic acid groups (broad SMARTS) is 1. The van der Waals surface area contributed by atoms with Crippen LogP contribution in [0.1, 0.15) is 219 Å². The minimum atomic E-state index is -0.948. The van der Waals surface area contributed by atoms with E-state index < -0.39 is 12.0 Å². The quantitative estimate of drug-likeness (QED) is 0.0617. The van der Waals surface area contributed by atoms with Crippen LogP contribution in [0.3, 0.4) is 0 Å². The van der Waals surface area contributed by atoms with Crippen molar-refractivity contribution >= 4 is 11.9 Å². The molecule has 43 heavy (non-hydrogen) atoms. The maximum atomic E-state index is 12.0. The molecule has 1 atom stereocenters. The molecule has 0 bridgehead atoms. The minimum Gasteiger partial charge on any atom is -0.480 e. The monoisotopic (exact) mass is 609 g/mol. The van der Waals surface area contributed by atoms with Crippen molar-refractivity contribution in [3.05, 3.63) is 0 Å². The number of hydrogen-bond donors (Lipinski definition) is 3. The maximum Gasteiger partial charge on any atom is 0.326 e. The van der Waals surface area contributed by atoms with Crippen molar-refractivity contribution in [3.8, 4) is 0 Å². The van der Waals surface area contributed by atoms with Crippen LogP contribution in [0.25, 0.3) is 0 Å². The van der Waals surface area contributed by atoms with E-state index in [1.54, 1.807) is 0 Å². The minimum absolute atomic E-state index is 0.134. The lowest BCUT2D eigenvalue weighted by Gasteiger charge is -2.14. The van der Waals surface area contributed by atoms with Crippen LogP contribution in [-0.4, -0.2) is 29.6 Å². The van der Waals surface area contributed by atoms with E-state index in [1.165, 1.54) is 173 Å². The second kappa shape index (κ2) is 35.4. The summed E-state index contributed by atoms with van der Waals surface area (Å²) in [5, 5.41) is 11.9. The Hall–Kier alpha value is -1.10. The van der Waals surface area contributed by atoms with Crippen molar-refractivity contribution in [3.63, 3.8) is 0 Å². The van der Waals surface area contributed by atoms with Crippen molar-refractivity contribution in [1.82, 2.24) is 5.32 Å². The average Bonchev–Trinajstić information content (AvgIpc) is 2.99. The Morgan fingerprint density at radius 2 is 0.791 bits per heavy atom. The maximum absolute atomic E-state index is 12.0. The Morgan fingerprint density at radius 3 is 1.07 bits per heavy atom. The van der Waals surface area contributed by atoms with Gasteiger partial charge in [-0.25, -0.2) is 4.79 Å². The van der Waals surface area contributed by atoms with Gasteiger partial charge < -0.3 is 16.2 Å². The highest BCUT2D eigenvalue weighted by molar-refractivity contribution is 5.83. The fraction of sp³-hybridized carbons (Fsp3) is 0.947. The van der Waals surface area contributed by atoms with Gasteiger partial charge in [-0.05, 0) is 32.2 Å². The van der Waals surface area contributed by atoms with Gasteiger partial charge >= 0.3 is 5.97 Å². The molecule has 0 aromatic heterocycles. The van der Waals surface area contributed by atoms with E-state index in [0.29, 0.717) is 19.4 Å². The highest BCUT2D eigenvalue weighted by atomic mass is 16.4. The zero-order valence-corrected chi connectivity index (χ0v) is 29.0. The van der Waals surface area contributed by atoms with Gasteiger partial charge in [0.25, 0.3) is 0 Å². The molecule has 0 radical (unpaired) electrons. The van der Waals surface area contributed by atoms with Crippen molar-refractivity contribution in [2.45, 2.75) is 225 Å². The van der Waals surface area contributed by atoms with Gasteiger partial charge in [0.05, 0.1) is 0 Å². The van der Waals surface area contributed by atoms with Crippen LogP contribution in [0.4, 0.5) is 0 Å². The van der Waals surface area contributed by atoms with E-state index >= 15 is 0 Å². The molecule has 0 spiro atoms. The molecule has 0 aliphatic carbocycles. The summed E-state index contributed by atoms with van der Waals surface area (Å²) < 4.78 is 0. The molecule has 0 aromatic rings. The Bertz CT molecular complexity index is 584. The topological polar surface area (TPSA) is 92.4 Å². The summed E-state index contributed by atoms with van der Waals surface area (Å²) in [6, 6.07) is -0.775. The number of carbonyl (C=O) groups is 2. The molecule has 0 heterocycles. The smallest absolute Gasteiger partial charge is 0.326 e. The van der Waals surface area contributed by atoms with Crippen molar-refractivity contribution in [2.75, 3.05) is 6.54 Å². The van der Waals surface area contributed by atoms with Gasteiger partial charge in [-0.1, -0.05) is 187 Å². The van der Waals surface area contributed by atoms with Gasteiger partial charge in [0.1, 0.15) is 6.04 Å². The van der Waals surface area contributed by atoms with Gasteiger partial charge in [-0.2, -0.15) is 0 Å². The molecule has 256 valence electrons. The van der Waals surface area contributed by atoms with Crippen LogP contribution in [0.15, 0.2) is 0 Å². The summed E-state index contributed by atoms with van der Waals surface area (Å²) in [6.07, 6.45) is 42.5. The average molecular weight is 609 g/mol. The lowest BCUT2D eigenvalue weighted by Crippen LogP contribution is -2.40. The van der Waals surface area contributed by atoms with Crippen LogP contribution in [0, 0.1) is 0 Å². The number of hydrogen-bond acceptors (Lipinski definition) is 3. The molecule has 0 saturated carbocycles. The summed E-state index contributed by atoms with van der Waals surface area (Å²) in [4.78, 5) is 23.3. The summed E-state index contributed by atoms with van der Waals surface area (Å²) in [5.41, 5.74) is 5.46. The Labute approximate surface area is 268 Å². The Balaban J connectivity index is 3.23. The molecule has 5 nitrogen and oxygen atoms in total. The van der Waals surface area contributed by atoms with Crippen LogP contribution < -0.4 is 11.1 Å². The van der Waals surface area contributed by atoms with E-state index in [0.717, 1.165) is 25.7 Å². The van der Waals surface area contributed by atoms with Gasteiger partial charge in [0.2, 0.25) is 5.91 Å². The first kappa shape index (κ1) is 41.9. The first-order chi connectivity index (χ1) is 21.1. The summed E-state index contributed by atoms with van der Waals surface area (Å²) in [5.74, 6) is -1.08. The lowest BCUT2D eigenvalue weighted by molar-refractivity contribution is -0.142. The predicted molar refractivity (Wildman–Crippen MR) is 187 cm³/mol. The van der Waals surface area contributed by atoms with E-state index in [4.69, 9.17) is 5.73 Å². The number of nitrogens with two attached hydrogens (primary N) is 1. The first-order valence-electron chi connectivity index (χ1n) is 19.3. The van der Waals surface area contributed by atoms with Crippen LogP contribution in [0.5, 0.6) is 0 Å². The molecule has 0 rings (SSSR count). The second-order valence-electron chi connectivity index (χ2n) is 13.4. The molecule has 0 saturated heterocycles. The summed E-state index contributed by atoms with van der Waals surface area (Å²) >= 11 is 0. The van der Waals surface area contributed by atoms with Crippen molar-refractivity contribution in [2.24, 2.45) is 5.73 Å². The van der Waals surface area contributed by atoms with Gasteiger partial charge in [-0.3, -0.25) is 4.79 Å². The molecule has 0 aliphatic heterocycles. The standard InChI is InChI=1S/C38H76N2O3/c1-2-3-4-5-6-7-8-9-10-11-12-13-14-15-16-17-18-19-20-21-22-23-24-25-26-27-28-29-30-34-37(41)40-36(38(42)43)33-31-32-35-39/h36H,2-35,39H2,1H3,(H,40,41)(H,42,43). The third-order valence-electron chi connectivity index (χ3n) is 9.09. The molecule has 1 amide bonds. The second-order valence-corrected chi connectivity index (χ2v) is 13.4. The van der Waals surface area contributed by atoms with Crippen LogP contribution in [0.2, 0.25) is 0 Å². The number of carboxylic acids is 1.